The van der Waals surface area contributed by atoms with E-state index in [-0.39, 0.29) is 5.92 Å². The molecule has 0 fully saturated rings. The van der Waals surface area contributed by atoms with Crippen molar-refractivity contribution in [3.05, 3.63) is 82.6 Å². The first-order chi connectivity index (χ1) is 15.4. The average molecular weight is 435 g/mol. The maximum Gasteiger partial charge on any atom is 0.321 e. The van der Waals surface area contributed by atoms with Crippen molar-refractivity contribution in [2.24, 2.45) is 0 Å². The zero-order valence-corrected chi connectivity index (χ0v) is 18.9. The molecule has 0 aliphatic carbocycles. The summed E-state index contributed by atoms with van der Waals surface area (Å²) in [6.07, 6.45) is 1.17. The molecule has 6 nitrogen and oxygen atoms in total. The number of aliphatic carboxylic acids is 1. The zero-order valence-electron chi connectivity index (χ0n) is 18.9. The number of benzene rings is 2. The van der Waals surface area contributed by atoms with Gasteiger partial charge in [-0.15, -0.1) is 0 Å². The van der Waals surface area contributed by atoms with Gasteiger partial charge in [-0.2, -0.15) is 0 Å². The largest absolute Gasteiger partial charge is 0.493 e. The van der Waals surface area contributed by atoms with Crippen molar-refractivity contribution < 1.29 is 19.1 Å². The second kappa shape index (κ2) is 9.57. The van der Waals surface area contributed by atoms with Crippen LogP contribution in [-0.2, 0) is 30.7 Å². The summed E-state index contributed by atoms with van der Waals surface area (Å²) in [4.78, 5) is 18.5. The molecular formula is C26H30N2O4. The predicted octanol–water partition coefficient (Wildman–Crippen LogP) is 4.74. The first-order valence-electron chi connectivity index (χ1n) is 11.1. The lowest BCUT2D eigenvalue weighted by Gasteiger charge is -2.34. The number of ether oxygens (including phenoxy) is 1. The molecule has 1 atom stereocenters. The third-order valence-corrected chi connectivity index (χ3v) is 5.93. The van der Waals surface area contributed by atoms with Crippen LogP contribution in [-0.4, -0.2) is 33.6 Å². The quantitative estimate of drug-likeness (QED) is 0.552. The molecule has 4 rings (SSSR count). The van der Waals surface area contributed by atoms with E-state index in [9.17, 15) is 9.90 Å². The minimum absolute atomic E-state index is 0.262. The SMILES string of the molecule is Cc1oc(C(C)C)nc1CCOc1ccc2c(c1)CN(Cc1ccccc1)[C@H](C(=O)O)C2. The fourth-order valence-corrected chi connectivity index (χ4v) is 4.13. The molecule has 0 unspecified atom stereocenters. The second-order valence-corrected chi connectivity index (χ2v) is 8.69. The van der Waals surface area contributed by atoms with Gasteiger partial charge in [0.25, 0.3) is 0 Å². The molecule has 6 heteroatoms. The molecule has 1 aliphatic heterocycles. The summed E-state index contributed by atoms with van der Waals surface area (Å²) in [6.45, 7) is 7.76. The molecule has 2 aromatic carbocycles. The fraction of sp³-hybridized carbons (Fsp3) is 0.385. The van der Waals surface area contributed by atoms with Crippen LogP contribution in [0.3, 0.4) is 0 Å². The Labute approximate surface area is 188 Å². The topological polar surface area (TPSA) is 75.8 Å². The number of oxazole rings is 1. The van der Waals surface area contributed by atoms with Crippen LogP contribution in [0.25, 0.3) is 0 Å². The molecule has 0 radical (unpaired) electrons. The van der Waals surface area contributed by atoms with Gasteiger partial charge < -0.3 is 14.3 Å². The van der Waals surface area contributed by atoms with Gasteiger partial charge in [-0.1, -0.05) is 50.2 Å². The maximum atomic E-state index is 11.9. The molecule has 1 aromatic heterocycles. The van der Waals surface area contributed by atoms with Crippen LogP contribution in [0.1, 0.15) is 53.8 Å². The van der Waals surface area contributed by atoms with E-state index in [2.05, 4.69) is 18.8 Å². The van der Waals surface area contributed by atoms with Gasteiger partial charge in [-0.05, 0) is 42.2 Å². The number of carboxylic acid groups (broad SMARTS) is 1. The molecule has 0 saturated carbocycles. The molecule has 0 spiro atoms. The van der Waals surface area contributed by atoms with Gasteiger partial charge in [0.05, 0.1) is 12.3 Å². The molecule has 0 saturated heterocycles. The Morgan fingerprint density at radius 1 is 1.22 bits per heavy atom. The van der Waals surface area contributed by atoms with E-state index in [4.69, 9.17) is 9.15 Å². The van der Waals surface area contributed by atoms with Crippen LogP contribution in [0.5, 0.6) is 5.75 Å². The Kier molecular flexibility index (Phi) is 6.61. The number of fused-ring (bicyclic) bond motifs is 1. The summed E-state index contributed by atoms with van der Waals surface area (Å²) in [5.41, 5.74) is 4.24. The first-order valence-corrected chi connectivity index (χ1v) is 11.1. The molecule has 1 aliphatic rings. The van der Waals surface area contributed by atoms with Crippen LogP contribution < -0.4 is 4.74 Å². The third kappa shape index (κ3) is 5.02. The van der Waals surface area contributed by atoms with E-state index in [1.807, 2.05) is 60.4 Å². The normalized spacial score (nSPS) is 16.2. The Bertz CT molecular complexity index is 1070. The van der Waals surface area contributed by atoms with E-state index in [0.717, 1.165) is 39.8 Å². The highest BCUT2D eigenvalue weighted by molar-refractivity contribution is 5.74. The van der Waals surface area contributed by atoms with Crippen LogP contribution in [0.2, 0.25) is 0 Å². The number of carboxylic acids is 1. The molecule has 0 amide bonds. The minimum atomic E-state index is -0.782. The number of aromatic nitrogens is 1. The number of hydrogen-bond acceptors (Lipinski definition) is 5. The van der Waals surface area contributed by atoms with Gasteiger partial charge >= 0.3 is 5.97 Å². The van der Waals surface area contributed by atoms with E-state index < -0.39 is 12.0 Å². The minimum Gasteiger partial charge on any atom is -0.493 e. The van der Waals surface area contributed by atoms with Gasteiger partial charge in [-0.25, -0.2) is 4.98 Å². The Balaban J connectivity index is 1.43. The number of aryl methyl sites for hydroxylation is 1. The predicted molar refractivity (Wildman–Crippen MR) is 122 cm³/mol. The highest BCUT2D eigenvalue weighted by Crippen LogP contribution is 2.28. The number of carbonyl (C=O) groups is 1. The van der Waals surface area contributed by atoms with Crippen molar-refractivity contribution in [1.29, 1.82) is 0 Å². The van der Waals surface area contributed by atoms with Crippen LogP contribution in [0.15, 0.2) is 52.9 Å². The lowest BCUT2D eigenvalue weighted by molar-refractivity contribution is -0.144. The monoisotopic (exact) mass is 434 g/mol. The maximum absolute atomic E-state index is 11.9. The van der Waals surface area contributed by atoms with Gasteiger partial charge in [0, 0.05) is 25.4 Å². The highest BCUT2D eigenvalue weighted by atomic mass is 16.5. The van der Waals surface area contributed by atoms with Gasteiger partial charge in [0.15, 0.2) is 5.89 Å². The van der Waals surface area contributed by atoms with E-state index in [0.29, 0.717) is 32.5 Å². The molecule has 0 bridgehead atoms. The van der Waals surface area contributed by atoms with E-state index in [1.54, 1.807) is 0 Å². The summed E-state index contributed by atoms with van der Waals surface area (Å²) in [6, 6.07) is 15.4. The average Bonchev–Trinajstić information content (AvgIpc) is 3.14. The standard InChI is InChI=1S/C26H30N2O4/c1-17(2)25-27-23(18(3)32-25)11-12-31-22-10-9-20-14-24(26(29)30)28(16-21(20)13-22)15-19-7-5-4-6-8-19/h4-10,13,17,24H,11-12,14-16H2,1-3H3,(H,29,30)/t24-/m0/s1. The summed E-state index contributed by atoms with van der Waals surface area (Å²) in [7, 11) is 0. The zero-order chi connectivity index (χ0) is 22.7. The van der Waals surface area contributed by atoms with Crippen LogP contribution >= 0.6 is 0 Å². The van der Waals surface area contributed by atoms with E-state index in [1.165, 1.54) is 0 Å². The highest BCUT2D eigenvalue weighted by Gasteiger charge is 2.31. The lowest BCUT2D eigenvalue weighted by atomic mass is 9.93. The smallest absolute Gasteiger partial charge is 0.321 e. The Hall–Kier alpha value is -3.12. The molecule has 168 valence electrons. The number of nitrogens with zero attached hydrogens (tertiary/aromatic N) is 2. The van der Waals surface area contributed by atoms with Gasteiger partial charge in [0.2, 0.25) is 0 Å². The fourth-order valence-electron chi connectivity index (χ4n) is 4.13. The van der Waals surface area contributed by atoms with Crippen LogP contribution in [0, 0.1) is 6.92 Å². The second-order valence-electron chi connectivity index (χ2n) is 8.69. The Morgan fingerprint density at radius 3 is 2.69 bits per heavy atom. The summed E-state index contributed by atoms with van der Waals surface area (Å²) in [5, 5.41) is 9.77. The van der Waals surface area contributed by atoms with E-state index >= 15 is 0 Å². The first kappa shape index (κ1) is 22.1. The molecule has 3 aromatic rings. The number of rotatable bonds is 8. The van der Waals surface area contributed by atoms with Crippen molar-refractivity contribution in [3.63, 3.8) is 0 Å². The molecule has 32 heavy (non-hydrogen) atoms. The van der Waals surface area contributed by atoms with Crippen LogP contribution in [0.4, 0.5) is 0 Å². The summed E-state index contributed by atoms with van der Waals surface area (Å²) in [5.74, 6) is 1.88. The lowest BCUT2D eigenvalue weighted by Crippen LogP contribution is -2.45. The van der Waals surface area contributed by atoms with Gasteiger partial charge in [-0.3, -0.25) is 9.69 Å². The van der Waals surface area contributed by atoms with Crippen molar-refractivity contribution in [2.45, 2.75) is 58.7 Å². The third-order valence-electron chi connectivity index (χ3n) is 5.93. The van der Waals surface area contributed by atoms with Crippen molar-refractivity contribution in [2.75, 3.05) is 6.61 Å². The molecular weight excluding hydrogens is 404 g/mol. The molecule has 1 N–H and O–H groups in total. The van der Waals surface area contributed by atoms with Crippen molar-refractivity contribution >= 4 is 5.97 Å². The summed E-state index contributed by atoms with van der Waals surface area (Å²) < 4.78 is 11.7. The molecule has 2 heterocycles. The number of hydrogen-bond donors (Lipinski definition) is 1. The summed E-state index contributed by atoms with van der Waals surface area (Å²) >= 11 is 0. The Morgan fingerprint density at radius 2 is 2.00 bits per heavy atom. The van der Waals surface area contributed by atoms with Crippen molar-refractivity contribution in [1.82, 2.24) is 9.88 Å². The van der Waals surface area contributed by atoms with Crippen molar-refractivity contribution in [3.8, 4) is 5.75 Å². The van der Waals surface area contributed by atoms with Gasteiger partial charge in [0.1, 0.15) is 17.6 Å².